The van der Waals surface area contributed by atoms with Gasteiger partial charge in [-0.1, -0.05) is 33.8 Å². The predicted octanol–water partition coefficient (Wildman–Crippen LogP) is 3.67. The molecule has 0 saturated heterocycles. The van der Waals surface area contributed by atoms with Gasteiger partial charge in [0.2, 0.25) is 0 Å². The molecular weight excluding hydrogens is 286 g/mol. The minimum atomic E-state index is -0.0454. The molecule has 0 aliphatic heterocycles. The first kappa shape index (κ1) is 17.3. The maximum absolute atomic E-state index is 12.4. The van der Waals surface area contributed by atoms with Crippen LogP contribution in [0.2, 0.25) is 0 Å². The zero-order chi connectivity index (χ0) is 17.0. The van der Waals surface area contributed by atoms with Crippen molar-refractivity contribution in [3.8, 4) is 0 Å². The first-order valence-electron chi connectivity index (χ1n) is 8.26. The van der Waals surface area contributed by atoms with Crippen LogP contribution in [0.1, 0.15) is 60.8 Å². The average molecular weight is 313 g/mol. The number of aryl methyl sites for hydroxylation is 1. The minimum Gasteiger partial charge on any atom is -0.346 e. The van der Waals surface area contributed by atoms with Gasteiger partial charge in [-0.3, -0.25) is 9.48 Å². The van der Waals surface area contributed by atoms with E-state index in [1.165, 1.54) is 11.1 Å². The molecule has 1 amide bonds. The van der Waals surface area contributed by atoms with Crippen LogP contribution in [0.3, 0.4) is 0 Å². The molecule has 0 aliphatic rings. The molecule has 1 heterocycles. The van der Waals surface area contributed by atoms with E-state index < -0.39 is 0 Å². The van der Waals surface area contributed by atoms with Crippen LogP contribution in [0.25, 0.3) is 0 Å². The second-order valence-corrected chi connectivity index (χ2v) is 6.83. The summed E-state index contributed by atoms with van der Waals surface area (Å²) in [5, 5.41) is 7.22. The molecule has 23 heavy (non-hydrogen) atoms. The van der Waals surface area contributed by atoms with Crippen LogP contribution in [0.4, 0.5) is 0 Å². The van der Waals surface area contributed by atoms with Crippen molar-refractivity contribution in [2.45, 2.75) is 46.6 Å². The van der Waals surface area contributed by atoms with Crippen molar-refractivity contribution in [1.82, 2.24) is 15.1 Å². The van der Waals surface area contributed by atoms with Crippen molar-refractivity contribution in [2.75, 3.05) is 0 Å². The Morgan fingerprint density at radius 3 is 2.52 bits per heavy atom. The third-order valence-corrected chi connectivity index (χ3v) is 3.85. The Kier molecular flexibility index (Phi) is 5.59. The van der Waals surface area contributed by atoms with Gasteiger partial charge in [-0.15, -0.1) is 0 Å². The number of nitrogens with one attached hydrogen (secondary N) is 1. The molecule has 0 fully saturated rings. The molecule has 4 nitrogen and oxygen atoms in total. The number of rotatable bonds is 6. The van der Waals surface area contributed by atoms with Crippen LogP contribution in [0, 0.1) is 5.92 Å². The largest absolute Gasteiger partial charge is 0.346 e. The van der Waals surface area contributed by atoms with Crippen molar-refractivity contribution < 1.29 is 4.79 Å². The molecule has 1 aromatic carbocycles. The maximum atomic E-state index is 12.4. The Morgan fingerprint density at radius 2 is 1.96 bits per heavy atom. The molecule has 4 heteroatoms. The summed E-state index contributed by atoms with van der Waals surface area (Å²) in [5.74, 6) is 0.990. The summed E-state index contributed by atoms with van der Waals surface area (Å²) in [5.41, 5.74) is 4.20. The van der Waals surface area contributed by atoms with Gasteiger partial charge in [0.05, 0.1) is 12.2 Å². The fourth-order valence-electron chi connectivity index (χ4n) is 2.76. The lowest BCUT2D eigenvalue weighted by molar-refractivity contribution is 0.0950. The quantitative estimate of drug-likeness (QED) is 0.884. The molecule has 1 aromatic heterocycles. The van der Waals surface area contributed by atoms with Crippen molar-refractivity contribution in [2.24, 2.45) is 13.0 Å². The van der Waals surface area contributed by atoms with E-state index >= 15 is 0 Å². The summed E-state index contributed by atoms with van der Waals surface area (Å²) in [6, 6.07) is 7.97. The monoisotopic (exact) mass is 313 g/mol. The number of amides is 1. The summed E-state index contributed by atoms with van der Waals surface area (Å²) in [6.45, 7) is 9.25. The number of nitrogens with zero attached hydrogens (tertiary/aromatic N) is 2. The molecular formula is C19H27N3O. The molecule has 124 valence electrons. The first-order valence-corrected chi connectivity index (χ1v) is 8.26. The first-order chi connectivity index (χ1) is 10.9. The van der Waals surface area contributed by atoms with Gasteiger partial charge in [0.1, 0.15) is 0 Å². The van der Waals surface area contributed by atoms with Crippen LogP contribution < -0.4 is 5.32 Å². The molecule has 0 saturated carbocycles. The zero-order valence-electron chi connectivity index (χ0n) is 14.8. The Balaban J connectivity index is 2.13. The fourth-order valence-corrected chi connectivity index (χ4v) is 2.76. The highest BCUT2D eigenvalue weighted by Gasteiger charge is 2.13. The van der Waals surface area contributed by atoms with Gasteiger partial charge in [0, 0.05) is 18.8 Å². The zero-order valence-corrected chi connectivity index (χ0v) is 14.8. The third-order valence-electron chi connectivity index (χ3n) is 3.85. The molecule has 2 rings (SSSR count). The molecule has 0 atom stereocenters. The van der Waals surface area contributed by atoms with Crippen molar-refractivity contribution in [1.29, 1.82) is 0 Å². The van der Waals surface area contributed by atoms with Crippen LogP contribution in [0.15, 0.2) is 30.5 Å². The van der Waals surface area contributed by atoms with E-state index in [2.05, 4.69) is 44.2 Å². The highest BCUT2D eigenvalue weighted by molar-refractivity contribution is 5.94. The number of hydrogen-bond acceptors (Lipinski definition) is 2. The van der Waals surface area contributed by atoms with Gasteiger partial charge >= 0.3 is 0 Å². The molecule has 0 bridgehead atoms. The Labute approximate surface area is 138 Å². The smallest absolute Gasteiger partial charge is 0.251 e. The molecule has 0 radical (unpaired) electrons. The average Bonchev–Trinajstić information content (AvgIpc) is 2.89. The number of hydrogen-bond donors (Lipinski definition) is 1. The van der Waals surface area contributed by atoms with Crippen LogP contribution in [-0.4, -0.2) is 15.7 Å². The van der Waals surface area contributed by atoms with E-state index in [1.807, 2.05) is 31.4 Å². The highest BCUT2D eigenvalue weighted by atomic mass is 16.1. The van der Waals surface area contributed by atoms with Gasteiger partial charge in [0.15, 0.2) is 0 Å². The fraction of sp³-hybridized carbons (Fsp3) is 0.474. The van der Waals surface area contributed by atoms with E-state index in [0.29, 0.717) is 18.4 Å². The SMILES string of the molecule is CC(C)Cc1cc(C(=O)NCc2ccn(C)n2)ccc1C(C)C. The third kappa shape index (κ3) is 4.68. The number of carbonyl (C=O) groups excluding carboxylic acids is 1. The summed E-state index contributed by atoms with van der Waals surface area (Å²) < 4.78 is 1.74. The van der Waals surface area contributed by atoms with Gasteiger partial charge in [-0.2, -0.15) is 5.10 Å². The van der Waals surface area contributed by atoms with Crippen LogP contribution >= 0.6 is 0 Å². The lowest BCUT2D eigenvalue weighted by Crippen LogP contribution is -2.23. The lowest BCUT2D eigenvalue weighted by atomic mass is 9.90. The molecule has 0 aliphatic carbocycles. The van der Waals surface area contributed by atoms with E-state index in [1.54, 1.807) is 4.68 Å². The van der Waals surface area contributed by atoms with Gasteiger partial charge in [-0.05, 0) is 47.6 Å². The van der Waals surface area contributed by atoms with E-state index in [0.717, 1.165) is 17.7 Å². The van der Waals surface area contributed by atoms with Crippen LogP contribution in [0.5, 0.6) is 0 Å². The van der Waals surface area contributed by atoms with Crippen LogP contribution in [-0.2, 0) is 20.0 Å². The minimum absolute atomic E-state index is 0.0454. The lowest BCUT2D eigenvalue weighted by Gasteiger charge is -2.16. The summed E-state index contributed by atoms with van der Waals surface area (Å²) in [4.78, 5) is 12.4. The second kappa shape index (κ2) is 7.44. The second-order valence-electron chi connectivity index (χ2n) is 6.83. The van der Waals surface area contributed by atoms with E-state index in [9.17, 15) is 4.79 Å². The Bertz CT molecular complexity index is 671. The predicted molar refractivity (Wildman–Crippen MR) is 93.5 cm³/mol. The molecule has 0 unspecified atom stereocenters. The Hall–Kier alpha value is -2.10. The van der Waals surface area contributed by atoms with E-state index in [-0.39, 0.29) is 5.91 Å². The standard InChI is InChI=1S/C19H27N3O/c1-13(2)10-16-11-15(6-7-18(16)14(3)4)19(23)20-12-17-8-9-22(5)21-17/h6-9,11,13-14H,10,12H2,1-5H3,(H,20,23). The molecule has 2 aromatic rings. The number of benzene rings is 1. The number of carbonyl (C=O) groups is 1. The topological polar surface area (TPSA) is 46.9 Å². The van der Waals surface area contributed by atoms with Gasteiger partial charge in [0.25, 0.3) is 5.91 Å². The van der Waals surface area contributed by atoms with Gasteiger partial charge in [-0.25, -0.2) is 0 Å². The summed E-state index contributed by atoms with van der Waals surface area (Å²) in [6.07, 6.45) is 2.87. The molecule has 1 N–H and O–H groups in total. The summed E-state index contributed by atoms with van der Waals surface area (Å²) in [7, 11) is 1.87. The maximum Gasteiger partial charge on any atom is 0.251 e. The van der Waals surface area contributed by atoms with E-state index in [4.69, 9.17) is 0 Å². The summed E-state index contributed by atoms with van der Waals surface area (Å²) >= 11 is 0. The normalized spacial score (nSPS) is 11.3. The highest BCUT2D eigenvalue weighted by Crippen LogP contribution is 2.23. The van der Waals surface area contributed by atoms with Crippen molar-refractivity contribution in [3.05, 3.63) is 52.8 Å². The Morgan fingerprint density at radius 1 is 1.22 bits per heavy atom. The van der Waals surface area contributed by atoms with Crippen molar-refractivity contribution in [3.63, 3.8) is 0 Å². The van der Waals surface area contributed by atoms with Gasteiger partial charge < -0.3 is 5.32 Å². The molecule has 0 spiro atoms. The number of aromatic nitrogens is 2. The van der Waals surface area contributed by atoms with Crippen molar-refractivity contribution >= 4 is 5.91 Å².